The Kier molecular flexibility index (Phi) is 3.17. The number of fused-ring (bicyclic) bond motifs is 1. The van der Waals surface area contributed by atoms with Crippen LogP contribution in [0, 0.1) is 0 Å². The van der Waals surface area contributed by atoms with Gasteiger partial charge in [0.25, 0.3) is 0 Å². The van der Waals surface area contributed by atoms with Gasteiger partial charge in [0, 0.05) is 0 Å². The van der Waals surface area contributed by atoms with E-state index < -0.39 is 5.79 Å². The van der Waals surface area contributed by atoms with Crippen LogP contribution in [0.5, 0.6) is 0 Å². The van der Waals surface area contributed by atoms with Crippen molar-refractivity contribution in [2.24, 2.45) is 0 Å². The van der Waals surface area contributed by atoms with Gasteiger partial charge < -0.3 is 18.9 Å². The van der Waals surface area contributed by atoms with Crippen molar-refractivity contribution in [1.29, 1.82) is 0 Å². The minimum Gasteiger partial charge on any atom is -0.368 e. The van der Waals surface area contributed by atoms with E-state index in [1.165, 1.54) is 0 Å². The van der Waals surface area contributed by atoms with E-state index in [0.29, 0.717) is 6.61 Å². The summed E-state index contributed by atoms with van der Waals surface area (Å²) in [6.07, 6.45) is 2.49. The first-order valence-corrected chi connectivity index (χ1v) is 5.43. The number of hydrogen-bond donors (Lipinski definition) is 0. The molecule has 2 aliphatic rings. The molecule has 2 heterocycles. The summed E-state index contributed by atoms with van der Waals surface area (Å²) in [5, 5.41) is 0. The van der Waals surface area contributed by atoms with Crippen LogP contribution >= 0.6 is 0 Å². The zero-order valence-corrected chi connectivity index (χ0v) is 9.72. The minimum absolute atomic E-state index is 0.178. The summed E-state index contributed by atoms with van der Waals surface area (Å²) in [5.74, 6) is -0.614. The van der Waals surface area contributed by atoms with Crippen molar-refractivity contribution < 1.29 is 18.9 Å². The zero-order chi connectivity index (χ0) is 11.8. The Morgan fingerprint density at radius 2 is 2.06 bits per heavy atom. The molecular formula is C12H18O4. The van der Waals surface area contributed by atoms with Crippen LogP contribution in [0.25, 0.3) is 0 Å². The van der Waals surface area contributed by atoms with Crippen molar-refractivity contribution >= 4 is 0 Å². The van der Waals surface area contributed by atoms with E-state index in [9.17, 15) is 0 Å². The molecule has 4 atom stereocenters. The fourth-order valence-electron chi connectivity index (χ4n) is 2.06. The molecule has 0 unspecified atom stereocenters. The van der Waals surface area contributed by atoms with Gasteiger partial charge >= 0.3 is 0 Å². The van der Waals surface area contributed by atoms with Gasteiger partial charge in [0.05, 0.1) is 6.61 Å². The first kappa shape index (κ1) is 11.8. The molecule has 0 aromatic rings. The lowest BCUT2D eigenvalue weighted by atomic mass is 10.1. The van der Waals surface area contributed by atoms with Crippen LogP contribution in [0.1, 0.15) is 13.8 Å². The van der Waals surface area contributed by atoms with Crippen molar-refractivity contribution in [1.82, 2.24) is 0 Å². The van der Waals surface area contributed by atoms with Gasteiger partial charge in [0.2, 0.25) is 0 Å². The molecule has 0 aromatic carbocycles. The zero-order valence-electron chi connectivity index (χ0n) is 9.72. The molecule has 0 spiro atoms. The molecule has 0 aromatic heterocycles. The molecule has 0 radical (unpaired) electrons. The molecule has 2 saturated heterocycles. The quantitative estimate of drug-likeness (QED) is 0.683. The van der Waals surface area contributed by atoms with E-state index in [1.807, 2.05) is 13.8 Å². The lowest BCUT2D eigenvalue weighted by Crippen LogP contribution is -2.36. The summed E-state index contributed by atoms with van der Waals surface area (Å²) < 4.78 is 22.7. The molecule has 2 rings (SSSR count). The third-order valence-electron chi connectivity index (χ3n) is 2.67. The fraction of sp³-hybridized carbons (Fsp3) is 0.667. The molecule has 0 N–H and O–H groups in total. The summed E-state index contributed by atoms with van der Waals surface area (Å²) in [4.78, 5) is 0. The van der Waals surface area contributed by atoms with E-state index >= 15 is 0 Å². The van der Waals surface area contributed by atoms with Crippen LogP contribution < -0.4 is 0 Å². The molecule has 0 saturated carbocycles. The van der Waals surface area contributed by atoms with E-state index in [0.717, 1.165) is 0 Å². The molecule has 0 bridgehead atoms. The monoisotopic (exact) mass is 226 g/mol. The normalized spacial score (nSPS) is 40.6. The van der Waals surface area contributed by atoms with Gasteiger partial charge in [0.1, 0.15) is 18.3 Å². The second-order valence-corrected chi connectivity index (χ2v) is 4.39. The SMILES string of the molecule is C=CCO[C@H]1[C@@H]2OC(C)(C)O[C@@H]2O[C@@H]1C=C. The van der Waals surface area contributed by atoms with Crippen molar-refractivity contribution in [2.45, 2.75) is 44.2 Å². The molecule has 4 heteroatoms. The second-order valence-electron chi connectivity index (χ2n) is 4.39. The van der Waals surface area contributed by atoms with Gasteiger partial charge in [-0.25, -0.2) is 0 Å². The molecule has 90 valence electrons. The molecule has 0 amide bonds. The van der Waals surface area contributed by atoms with Crippen molar-refractivity contribution in [2.75, 3.05) is 6.61 Å². The van der Waals surface area contributed by atoms with Crippen LogP contribution in [0.4, 0.5) is 0 Å². The van der Waals surface area contributed by atoms with Crippen molar-refractivity contribution in [3.8, 4) is 0 Å². The molecule has 2 fully saturated rings. The highest BCUT2D eigenvalue weighted by Crippen LogP contribution is 2.38. The lowest BCUT2D eigenvalue weighted by molar-refractivity contribution is -0.211. The van der Waals surface area contributed by atoms with Gasteiger partial charge in [-0.1, -0.05) is 12.2 Å². The highest BCUT2D eigenvalue weighted by Gasteiger charge is 2.54. The topological polar surface area (TPSA) is 36.9 Å². The van der Waals surface area contributed by atoms with E-state index in [-0.39, 0.29) is 24.6 Å². The van der Waals surface area contributed by atoms with E-state index in [2.05, 4.69) is 13.2 Å². The smallest absolute Gasteiger partial charge is 0.190 e. The molecule has 0 aliphatic carbocycles. The van der Waals surface area contributed by atoms with Crippen LogP contribution in [0.15, 0.2) is 25.3 Å². The Balaban J connectivity index is 2.07. The Labute approximate surface area is 95.8 Å². The predicted molar refractivity (Wildman–Crippen MR) is 58.8 cm³/mol. The summed E-state index contributed by atoms with van der Waals surface area (Å²) in [6.45, 7) is 11.5. The summed E-state index contributed by atoms with van der Waals surface area (Å²) >= 11 is 0. The first-order valence-electron chi connectivity index (χ1n) is 5.43. The van der Waals surface area contributed by atoms with E-state index in [1.54, 1.807) is 12.2 Å². The van der Waals surface area contributed by atoms with Gasteiger partial charge in [0.15, 0.2) is 12.1 Å². The minimum atomic E-state index is -0.614. The van der Waals surface area contributed by atoms with Gasteiger partial charge in [-0.3, -0.25) is 0 Å². The summed E-state index contributed by atoms with van der Waals surface area (Å²) in [5.41, 5.74) is 0. The third kappa shape index (κ3) is 2.06. The maximum atomic E-state index is 5.76. The maximum absolute atomic E-state index is 5.76. The van der Waals surface area contributed by atoms with E-state index in [4.69, 9.17) is 18.9 Å². The highest BCUT2D eigenvalue weighted by atomic mass is 16.8. The van der Waals surface area contributed by atoms with Crippen LogP contribution in [-0.2, 0) is 18.9 Å². The van der Waals surface area contributed by atoms with Gasteiger partial charge in [-0.2, -0.15) is 0 Å². The average molecular weight is 226 g/mol. The van der Waals surface area contributed by atoms with Crippen LogP contribution in [0.2, 0.25) is 0 Å². The van der Waals surface area contributed by atoms with Crippen molar-refractivity contribution in [3.05, 3.63) is 25.3 Å². The van der Waals surface area contributed by atoms with Crippen LogP contribution in [-0.4, -0.2) is 37.0 Å². The first-order chi connectivity index (χ1) is 7.57. The maximum Gasteiger partial charge on any atom is 0.190 e. The number of hydrogen-bond acceptors (Lipinski definition) is 4. The Morgan fingerprint density at radius 1 is 1.31 bits per heavy atom. The molecule has 16 heavy (non-hydrogen) atoms. The summed E-state index contributed by atoms with van der Waals surface area (Å²) in [7, 11) is 0. The molecular weight excluding hydrogens is 208 g/mol. The molecule has 2 aliphatic heterocycles. The number of rotatable bonds is 4. The van der Waals surface area contributed by atoms with Crippen molar-refractivity contribution in [3.63, 3.8) is 0 Å². The largest absolute Gasteiger partial charge is 0.368 e. The Morgan fingerprint density at radius 3 is 2.69 bits per heavy atom. The van der Waals surface area contributed by atoms with Gasteiger partial charge in [-0.15, -0.1) is 13.2 Å². The second kappa shape index (κ2) is 4.30. The Hall–Kier alpha value is -0.680. The number of ether oxygens (including phenoxy) is 4. The fourth-order valence-corrected chi connectivity index (χ4v) is 2.06. The molecule has 4 nitrogen and oxygen atoms in total. The van der Waals surface area contributed by atoms with Crippen LogP contribution in [0.3, 0.4) is 0 Å². The standard InChI is InChI=1S/C12H18O4/c1-5-7-13-9-8(6-2)14-11-10(9)15-12(3,4)16-11/h5-6,8-11H,1-2,7H2,3-4H3/t8-,9-,10+,11+/m1/s1. The lowest BCUT2D eigenvalue weighted by Gasteiger charge is -2.24. The predicted octanol–water partition coefficient (Wildman–Crippen LogP) is 1.62. The highest BCUT2D eigenvalue weighted by molar-refractivity contribution is 5.01. The average Bonchev–Trinajstić information content (AvgIpc) is 2.67. The third-order valence-corrected chi connectivity index (χ3v) is 2.67. The van der Waals surface area contributed by atoms with Gasteiger partial charge in [-0.05, 0) is 13.8 Å². The Bertz CT molecular complexity index is 287. The summed E-state index contributed by atoms with van der Waals surface area (Å²) in [6, 6.07) is 0.